The first kappa shape index (κ1) is 15.3. The van der Waals surface area contributed by atoms with Crippen LogP contribution in [0.1, 0.15) is 23.6 Å². The Balaban J connectivity index is 1.60. The standard InChI is InChI=1S/C21H17N3OS/c25-19-7-3-5-14-15(19)8-9-18(14)23-21-16-4-1-2-6-17(16)22-20(24-21)13-10-11-26-12-13/h1-7,10-12,18,25H,8-9H2,(H,22,23,24). The average molecular weight is 359 g/mol. The van der Waals surface area contributed by atoms with Crippen LogP contribution < -0.4 is 5.32 Å². The summed E-state index contributed by atoms with van der Waals surface area (Å²) in [5.74, 6) is 1.97. The van der Waals surface area contributed by atoms with Crippen molar-refractivity contribution in [3.63, 3.8) is 0 Å². The van der Waals surface area contributed by atoms with Crippen LogP contribution in [0.2, 0.25) is 0 Å². The molecule has 4 nitrogen and oxygen atoms in total. The first-order valence-electron chi connectivity index (χ1n) is 8.66. The van der Waals surface area contributed by atoms with E-state index in [1.54, 1.807) is 17.4 Å². The highest BCUT2D eigenvalue weighted by atomic mass is 32.1. The Hall–Kier alpha value is -2.92. The van der Waals surface area contributed by atoms with Gasteiger partial charge in [0.05, 0.1) is 11.6 Å². The highest BCUT2D eigenvalue weighted by Crippen LogP contribution is 2.39. The molecule has 26 heavy (non-hydrogen) atoms. The van der Waals surface area contributed by atoms with Crippen LogP contribution in [0, 0.1) is 0 Å². The van der Waals surface area contributed by atoms with Crippen molar-refractivity contribution in [2.24, 2.45) is 0 Å². The average Bonchev–Trinajstić information content (AvgIpc) is 3.33. The molecule has 2 aromatic heterocycles. The second-order valence-electron chi connectivity index (χ2n) is 6.51. The Morgan fingerprint density at radius 2 is 1.96 bits per heavy atom. The minimum Gasteiger partial charge on any atom is -0.508 e. The summed E-state index contributed by atoms with van der Waals surface area (Å²) in [5, 5.41) is 18.8. The van der Waals surface area contributed by atoms with E-state index >= 15 is 0 Å². The summed E-state index contributed by atoms with van der Waals surface area (Å²) in [6.07, 6.45) is 1.82. The SMILES string of the molecule is Oc1cccc2c1CCC2Nc1nc(-c2ccsc2)nc2ccccc12. The van der Waals surface area contributed by atoms with E-state index in [1.165, 1.54) is 0 Å². The van der Waals surface area contributed by atoms with Crippen molar-refractivity contribution in [1.82, 2.24) is 9.97 Å². The number of hydrogen-bond acceptors (Lipinski definition) is 5. The van der Waals surface area contributed by atoms with Gasteiger partial charge < -0.3 is 10.4 Å². The maximum absolute atomic E-state index is 10.1. The number of nitrogens with zero attached hydrogens (tertiary/aromatic N) is 2. The van der Waals surface area contributed by atoms with Crippen molar-refractivity contribution in [2.75, 3.05) is 5.32 Å². The molecule has 1 atom stereocenters. The topological polar surface area (TPSA) is 58.0 Å². The Kier molecular flexibility index (Phi) is 3.60. The fourth-order valence-electron chi connectivity index (χ4n) is 3.66. The third-order valence-electron chi connectivity index (χ3n) is 4.94. The Morgan fingerprint density at radius 3 is 2.85 bits per heavy atom. The molecule has 0 spiro atoms. The van der Waals surface area contributed by atoms with Gasteiger partial charge in [-0.25, -0.2) is 9.97 Å². The van der Waals surface area contributed by atoms with Crippen LogP contribution in [0.15, 0.2) is 59.3 Å². The number of aromatic nitrogens is 2. The molecule has 0 aliphatic heterocycles. The maximum Gasteiger partial charge on any atom is 0.162 e. The number of phenols is 1. The fourth-order valence-corrected chi connectivity index (χ4v) is 4.29. The minimum absolute atomic E-state index is 0.144. The molecule has 0 saturated carbocycles. The first-order valence-corrected chi connectivity index (χ1v) is 9.60. The van der Waals surface area contributed by atoms with Gasteiger partial charge in [0.15, 0.2) is 5.82 Å². The van der Waals surface area contributed by atoms with Gasteiger partial charge >= 0.3 is 0 Å². The van der Waals surface area contributed by atoms with E-state index in [1.807, 2.05) is 41.8 Å². The second kappa shape index (κ2) is 6.11. The summed E-state index contributed by atoms with van der Waals surface area (Å²) in [5.41, 5.74) is 4.17. The molecule has 5 rings (SSSR count). The van der Waals surface area contributed by atoms with E-state index in [9.17, 15) is 5.11 Å². The van der Waals surface area contributed by atoms with Crippen molar-refractivity contribution < 1.29 is 5.11 Å². The molecule has 4 aromatic rings. The molecule has 0 amide bonds. The van der Waals surface area contributed by atoms with Gasteiger partial charge in [0.2, 0.25) is 0 Å². The predicted octanol–water partition coefficient (Wildman–Crippen LogP) is 5.16. The molecule has 1 aliphatic rings. The van der Waals surface area contributed by atoms with Gasteiger partial charge in [-0.1, -0.05) is 24.3 Å². The summed E-state index contributed by atoms with van der Waals surface area (Å²) in [6.45, 7) is 0. The number of anilines is 1. The summed E-state index contributed by atoms with van der Waals surface area (Å²) >= 11 is 1.64. The Morgan fingerprint density at radius 1 is 1.04 bits per heavy atom. The number of thiophene rings is 1. The molecule has 0 radical (unpaired) electrons. The fraction of sp³-hybridized carbons (Fsp3) is 0.143. The third kappa shape index (κ3) is 2.52. The van der Waals surface area contributed by atoms with E-state index < -0.39 is 0 Å². The number of para-hydroxylation sites is 1. The number of phenolic OH excluding ortho intramolecular Hbond substituents is 1. The zero-order valence-electron chi connectivity index (χ0n) is 14.0. The van der Waals surface area contributed by atoms with Crippen LogP contribution in [-0.2, 0) is 6.42 Å². The van der Waals surface area contributed by atoms with Crippen molar-refractivity contribution in [2.45, 2.75) is 18.9 Å². The normalized spacial score (nSPS) is 15.9. The van der Waals surface area contributed by atoms with Gasteiger partial charge in [0.1, 0.15) is 11.6 Å². The van der Waals surface area contributed by atoms with Gasteiger partial charge in [-0.2, -0.15) is 11.3 Å². The molecule has 1 unspecified atom stereocenters. The monoisotopic (exact) mass is 359 g/mol. The number of rotatable bonds is 3. The summed E-state index contributed by atoms with van der Waals surface area (Å²) in [7, 11) is 0. The molecular formula is C21H17N3OS. The van der Waals surface area contributed by atoms with Gasteiger partial charge in [0, 0.05) is 16.3 Å². The predicted molar refractivity (Wildman–Crippen MR) is 106 cm³/mol. The van der Waals surface area contributed by atoms with E-state index in [4.69, 9.17) is 9.97 Å². The molecule has 128 valence electrons. The van der Waals surface area contributed by atoms with Crippen LogP contribution in [0.25, 0.3) is 22.3 Å². The number of benzene rings is 2. The van der Waals surface area contributed by atoms with Crippen molar-refractivity contribution in [3.8, 4) is 17.1 Å². The van der Waals surface area contributed by atoms with Gasteiger partial charge in [-0.05, 0) is 53.6 Å². The van der Waals surface area contributed by atoms with Crippen LogP contribution in [0.5, 0.6) is 5.75 Å². The number of hydrogen-bond donors (Lipinski definition) is 2. The number of fused-ring (bicyclic) bond motifs is 2. The van der Waals surface area contributed by atoms with Gasteiger partial charge in [-0.15, -0.1) is 0 Å². The highest BCUT2D eigenvalue weighted by Gasteiger charge is 2.25. The van der Waals surface area contributed by atoms with Crippen molar-refractivity contribution in [3.05, 3.63) is 70.4 Å². The quantitative estimate of drug-likeness (QED) is 0.530. The van der Waals surface area contributed by atoms with Crippen LogP contribution in [-0.4, -0.2) is 15.1 Å². The maximum atomic E-state index is 10.1. The molecule has 5 heteroatoms. The molecule has 0 bridgehead atoms. The van der Waals surface area contributed by atoms with Crippen LogP contribution in [0.4, 0.5) is 5.82 Å². The lowest BCUT2D eigenvalue weighted by Gasteiger charge is -2.17. The highest BCUT2D eigenvalue weighted by molar-refractivity contribution is 7.08. The summed E-state index contributed by atoms with van der Waals surface area (Å²) in [6, 6.07) is 16.0. The lowest BCUT2D eigenvalue weighted by molar-refractivity contribution is 0.469. The summed E-state index contributed by atoms with van der Waals surface area (Å²) in [4.78, 5) is 9.55. The van der Waals surface area contributed by atoms with E-state index in [0.29, 0.717) is 5.75 Å². The van der Waals surface area contributed by atoms with Gasteiger partial charge in [-0.3, -0.25) is 0 Å². The molecule has 0 saturated heterocycles. The lowest BCUT2D eigenvalue weighted by atomic mass is 10.1. The van der Waals surface area contributed by atoms with Gasteiger partial charge in [0.25, 0.3) is 0 Å². The zero-order valence-corrected chi connectivity index (χ0v) is 14.8. The number of nitrogens with one attached hydrogen (secondary N) is 1. The second-order valence-corrected chi connectivity index (χ2v) is 7.29. The molecular weight excluding hydrogens is 342 g/mol. The van der Waals surface area contributed by atoms with Crippen LogP contribution in [0.3, 0.4) is 0 Å². The van der Waals surface area contributed by atoms with E-state index in [2.05, 4.69) is 16.8 Å². The third-order valence-corrected chi connectivity index (χ3v) is 5.62. The smallest absolute Gasteiger partial charge is 0.162 e. The zero-order chi connectivity index (χ0) is 17.5. The Labute approximate surface area is 155 Å². The lowest BCUT2D eigenvalue weighted by Crippen LogP contribution is -2.10. The Bertz CT molecular complexity index is 1090. The largest absolute Gasteiger partial charge is 0.508 e. The van der Waals surface area contributed by atoms with E-state index in [0.717, 1.165) is 52.1 Å². The minimum atomic E-state index is 0.144. The van der Waals surface area contributed by atoms with Crippen molar-refractivity contribution in [1.29, 1.82) is 0 Å². The molecule has 2 N–H and O–H groups in total. The molecule has 0 fully saturated rings. The summed E-state index contributed by atoms with van der Waals surface area (Å²) < 4.78 is 0. The molecule has 1 aliphatic carbocycles. The van der Waals surface area contributed by atoms with Crippen molar-refractivity contribution >= 4 is 28.1 Å². The first-order chi connectivity index (χ1) is 12.8. The molecule has 2 heterocycles. The van der Waals surface area contributed by atoms with E-state index in [-0.39, 0.29) is 6.04 Å². The van der Waals surface area contributed by atoms with Crippen LogP contribution >= 0.6 is 11.3 Å². The number of aromatic hydroxyl groups is 1. The molecule has 2 aromatic carbocycles.